The quantitative estimate of drug-likeness (QED) is 0.374. The molecule has 0 aliphatic heterocycles. The Morgan fingerprint density at radius 2 is 0.929 bits per heavy atom. The molecule has 0 rings (SSSR count). The Balaban J connectivity index is -0.000000167. The topological polar surface area (TPSA) is 141 Å². The SMILES string of the molecule is O=C([O-])C(O)(C(=O)[O-])C(=O)[O-].[Na+].[Na+].[Na+]. The zero-order valence-corrected chi connectivity index (χ0v) is 13.9. The van der Waals surface area contributed by atoms with Gasteiger partial charge in [0.25, 0.3) is 0 Å². The Labute approximate surface area is 145 Å². The minimum atomic E-state index is -4.08. The molecule has 0 amide bonds. The fourth-order valence-electron chi connectivity index (χ4n) is 0.250. The fourth-order valence-corrected chi connectivity index (χ4v) is 0.250. The van der Waals surface area contributed by atoms with Gasteiger partial charge in [-0.1, -0.05) is 0 Å². The minimum absolute atomic E-state index is 0. The summed E-state index contributed by atoms with van der Waals surface area (Å²) in [6, 6.07) is 0. The number of carboxylic acid groups (broad SMARTS) is 3. The van der Waals surface area contributed by atoms with Crippen molar-refractivity contribution in [2.24, 2.45) is 0 Å². The molecule has 0 unspecified atom stereocenters. The molecule has 0 aliphatic rings. The second kappa shape index (κ2) is 9.59. The van der Waals surface area contributed by atoms with Crippen molar-refractivity contribution in [1.82, 2.24) is 0 Å². The second-order valence-electron chi connectivity index (χ2n) is 1.57. The van der Waals surface area contributed by atoms with Crippen molar-refractivity contribution < 1.29 is 123 Å². The van der Waals surface area contributed by atoms with Crippen molar-refractivity contribution in [2.75, 3.05) is 0 Å². The van der Waals surface area contributed by atoms with Crippen molar-refractivity contribution in [2.45, 2.75) is 5.60 Å². The summed E-state index contributed by atoms with van der Waals surface area (Å²) in [7, 11) is 0. The predicted molar refractivity (Wildman–Crippen MR) is 20.0 cm³/mol. The van der Waals surface area contributed by atoms with E-state index in [1.54, 1.807) is 0 Å². The molecule has 14 heavy (non-hydrogen) atoms. The largest absolute Gasteiger partial charge is 1.00 e. The average Bonchev–Trinajstić information content (AvgIpc) is 1.84. The van der Waals surface area contributed by atoms with Gasteiger partial charge in [-0.15, -0.1) is 0 Å². The van der Waals surface area contributed by atoms with Crippen LogP contribution in [0.2, 0.25) is 0 Å². The van der Waals surface area contributed by atoms with Crippen LogP contribution in [0.1, 0.15) is 0 Å². The first-order valence-corrected chi connectivity index (χ1v) is 2.20. The molecule has 1 N–H and O–H groups in total. The molecule has 0 aromatic rings. The molecule has 0 aliphatic carbocycles. The Kier molecular flexibility index (Phi) is 16.8. The number of carbonyl (C=O) groups is 3. The van der Waals surface area contributed by atoms with Crippen LogP contribution < -0.4 is 104 Å². The molecule has 0 fully saturated rings. The summed E-state index contributed by atoms with van der Waals surface area (Å²) in [5, 5.41) is 37.4. The Morgan fingerprint density at radius 3 is 0.929 bits per heavy atom. The molecule has 0 aromatic carbocycles. The number of aliphatic carboxylic acids is 3. The first kappa shape index (κ1) is 24.6. The van der Waals surface area contributed by atoms with Crippen LogP contribution in [0.3, 0.4) is 0 Å². The zero-order valence-electron chi connectivity index (χ0n) is 7.90. The number of carboxylic acids is 3. The normalized spacial score (nSPS) is 8.36. The van der Waals surface area contributed by atoms with Gasteiger partial charge in [0.1, 0.15) is 0 Å². The second-order valence-corrected chi connectivity index (χ2v) is 1.57. The van der Waals surface area contributed by atoms with E-state index in [-0.39, 0.29) is 88.7 Å². The van der Waals surface area contributed by atoms with Crippen molar-refractivity contribution in [3.63, 3.8) is 0 Å². The van der Waals surface area contributed by atoms with E-state index < -0.39 is 23.5 Å². The van der Waals surface area contributed by atoms with E-state index in [9.17, 15) is 29.7 Å². The molecular weight excluding hydrogens is 229 g/mol. The number of carbonyl (C=O) groups excluding carboxylic acids is 3. The van der Waals surface area contributed by atoms with Gasteiger partial charge in [0.15, 0.2) is 5.60 Å². The summed E-state index contributed by atoms with van der Waals surface area (Å²) < 4.78 is 0. The van der Waals surface area contributed by atoms with Crippen LogP contribution in [0.4, 0.5) is 0 Å². The van der Waals surface area contributed by atoms with Crippen molar-refractivity contribution >= 4 is 17.9 Å². The first-order valence-electron chi connectivity index (χ1n) is 2.20. The fraction of sp³-hybridized carbons (Fsp3) is 0.250. The van der Waals surface area contributed by atoms with Crippen LogP contribution >= 0.6 is 0 Å². The van der Waals surface area contributed by atoms with E-state index in [4.69, 9.17) is 5.11 Å². The molecule has 0 saturated carbocycles. The van der Waals surface area contributed by atoms with Crippen LogP contribution in [0, 0.1) is 0 Å². The first-order chi connectivity index (χ1) is 4.83. The van der Waals surface area contributed by atoms with Crippen molar-refractivity contribution in [3.8, 4) is 0 Å². The van der Waals surface area contributed by atoms with Gasteiger partial charge in [0.05, 0.1) is 17.9 Å². The number of rotatable bonds is 3. The maximum absolute atomic E-state index is 9.70. The minimum Gasteiger partial charge on any atom is -0.546 e. The van der Waals surface area contributed by atoms with Gasteiger partial charge < -0.3 is 34.8 Å². The van der Waals surface area contributed by atoms with Gasteiger partial charge in [-0.3, -0.25) is 0 Å². The van der Waals surface area contributed by atoms with Crippen molar-refractivity contribution in [1.29, 1.82) is 0 Å². The third-order valence-corrected chi connectivity index (χ3v) is 0.886. The van der Waals surface area contributed by atoms with Gasteiger partial charge in [-0.05, 0) is 0 Å². The zero-order chi connectivity index (χ0) is 9.23. The predicted octanol–water partition coefficient (Wildman–Crippen LogP) is -15.0. The third-order valence-electron chi connectivity index (χ3n) is 0.886. The van der Waals surface area contributed by atoms with E-state index in [0.29, 0.717) is 0 Å². The van der Waals surface area contributed by atoms with E-state index in [1.807, 2.05) is 0 Å². The standard InChI is InChI=1S/C4H4O7.3Na/c5-1(6)4(11,2(7)8)3(9)10;;;/h11H,(H,5,6)(H,7,8)(H,9,10);;;/q;3*+1/p-3. The number of hydrogen-bond donors (Lipinski definition) is 1. The summed E-state index contributed by atoms with van der Waals surface area (Å²) in [5.74, 6) is -8.13. The maximum Gasteiger partial charge on any atom is 1.00 e. The van der Waals surface area contributed by atoms with Crippen LogP contribution in [-0.4, -0.2) is 28.6 Å². The summed E-state index contributed by atoms with van der Waals surface area (Å²) >= 11 is 0. The summed E-state index contributed by atoms with van der Waals surface area (Å²) in [5.41, 5.74) is -4.08. The van der Waals surface area contributed by atoms with Crippen molar-refractivity contribution in [3.05, 3.63) is 0 Å². The molecule has 0 heterocycles. The van der Waals surface area contributed by atoms with E-state index in [0.717, 1.165) is 0 Å². The monoisotopic (exact) mass is 230 g/mol. The average molecular weight is 230 g/mol. The molecule has 0 spiro atoms. The summed E-state index contributed by atoms with van der Waals surface area (Å²) in [4.78, 5) is 29.1. The van der Waals surface area contributed by atoms with Crippen LogP contribution in [-0.2, 0) is 14.4 Å². The molecular formula is C4HNa3O7. The molecule has 7 nitrogen and oxygen atoms in total. The van der Waals surface area contributed by atoms with Gasteiger partial charge in [-0.25, -0.2) is 0 Å². The van der Waals surface area contributed by atoms with E-state index >= 15 is 0 Å². The maximum atomic E-state index is 9.70. The molecule has 10 heteroatoms. The smallest absolute Gasteiger partial charge is 0.546 e. The molecule has 0 aromatic heterocycles. The van der Waals surface area contributed by atoms with Crippen LogP contribution in [0.25, 0.3) is 0 Å². The van der Waals surface area contributed by atoms with Gasteiger partial charge >= 0.3 is 88.7 Å². The Hall–Kier alpha value is 1.37. The molecule has 0 bridgehead atoms. The molecule has 0 saturated heterocycles. The Bertz CT molecular complexity index is 191. The summed E-state index contributed by atoms with van der Waals surface area (Å²) in [6.07, 6.45) is 0. The molecule has 0 atom stereocenters. The van der Waals surface area contributed by atoms with Crippen LogP contribution in [0.5, 0.6) is 0 Å². The molecule has 62 valence electrons. The van der Waals surface area contributed by atoms with Crippen LogP contribution in [0.15, 0.2) is 0 Å². The van der Waals surface area contributed by atoms with Gasteiger partial charge in [0.2, 0.25) is 0 Å². The third kappa shape index (κ3) is 5.45. The van der Waals surface area contributed by atoms with Gasteiger partial charge in [-0.2, -0.15) is 0 Å². The molecule has 0 radical (unpaired) electrons. The van der Waals surface area contributed by atoms with E-state index in [2.05, 4.69) is 0 Å². The Morgan fingerprint density at radius 1 is 0.786 bits per heavy atom. The van der Waals surface area contributed by atoms with Gasteiger partial charge in [0, 0.05) is 0 Å². The number of aliphatic hydroxyl groups is 1. The van der Waals surface area contributed by atoms with E-state index in [1.165, 1.54) is 0 Å². The number of hydrogen-bond acceptors (Lipinski definition) is 7. The summed E-state index contributed by atoms with van der Waals surface area (Å²) in [6.45, 7) is 0.